The molecule has 0 N–H and O–H groups in total. The van der Waals surface area contributed by atoms with Gasteiger partial charge in [0.1, 0.15) is 12.9 Å². The molecule has 0 saturated carbocycles. The van der Waals surface area contributed by atoms with Gasteiger partial charge in [0.05, 0.1) is 18.2 Å². The summed E-state index contributed by atoms with van der Waals surface area (Å²) in [5.41, 5.74) is 0.897. The summed E-state index contributed by atoms with van der Waals surface area (Å²) in [7, 11) is 0. The number of hydrogen-bond donors (Lipinski definition) is 0. The summed E-state index contributed by atoms with van der Waals surface area (Å²) < 4.78 is 11.9. The zero-order chi connectivity index (χ0) is 14.4. The molecule has 6 heteroatoms. The third-order valence-corrected chi connectivity index (χ3v) is 2.40. The average Bonchev–Trinajstić information content (AvgIpc) is 2.88. The van der Waals surface area contributed by atoms with E-state index in [0.717, 1.165) is 5.69 Å². The minimum absolute atomic E-state index is 0.113. The number of carbonyl (C=O) groups is 1. The summed E-state index contributed by atoms with van der Waals surface area (Å²) in [6.07, 6.45) is 1.63. The summed E-state index contributed by atoms with van der Waals surface area (Å²) in [5.74, 6) is -0.289. The Balaban J connectivity index is 1.83. The van der Waals surface area contributed by atoms with Crippen LogP contribution in [-0.2, 0) is 9.53 Å². The Hall–Kier alpha value is -2.37. The van der Waals surface area contributed by atoms with Crippen molar-refractivity contribution in [1.29, 1.82) is 0 Å². The van der Waals surface area contributed by atoms with Crippen LogP contribution in [0.25, 0.3) is 5.69 Å². The van der Waals surface area contributed by atoms with E-state index in [9.17, 15) is 4.79 Å². The summed E-state index contributed by atoms with van der Waals surface area (Å²) in [4.78, 5) is 15.3. The fourth-order valence-electron chi connectivity index (χ4n) is 1.57. The number of esters is 1. The lowest BCUT2D eigenvalue weighted by Gasteiger charge is -2.07. The molecule has 1 heterocycles. The van der Waals surface area contributed by atoms with E-state index < -0.39 is 0 Å². The van der Waals surface area contributed by atoms with Crippen LogP contribution in [0.3, 0.4) is 0 Å². The van der Waals surface area contributed by atoms with Crippen LogP contribution < -0.4 is 4.74 Å². The number of rotatable bonds is 6. The van der Waals surface area contributed by atoms with E-state index in [1.807, 2.05) is 44.2 Å². The molecule has 2 rings (SSSR count). The highest BCUT2D eigenvalue weighted by atomic mass is 16.5. The SMILES string of the molecule is CC(C)OC(=O)CCOc1ncn(-c2ccccc2)n1. The van der Waals surface area contributed by atoms with Crippen LogP contribution in [0.5, 0.6) is 6.01 Å². The molecule has 0 aliphatic heterocycles. The lowest BCUT2D eigenvalue weighted by Crippen LogP contribution is -2.14. The number of benzene rings is 1. The standard InChI is InChI=1S/C14H17N3O3/c1-11(2)20-13(18)8-9-19-14-15-10-17(16-14)12-6-4-3-5-7-12/h3-7,10-11H,8-9H2,1-2H3. The maximum absolute atomic E-state index is 11.3. The van der Waals surface area contributed by atoms with Gasteiger partial charge >= 0.3 is 12.0 Å². The van der Waals surface area contributed by atoms with Crippen LogP contribution in [0.2, 0.25) is 0 Å². The van der Waals surface area contributed by atoms with Crippen molar-refractivity contribution in [3.05, 3.63) is 36.7 Å². The molecular formula is C14H17N3O3. The lowest BCUT2D eigenvalue weighted by atomic mass is 10.3. The first kappa shape index (κ1) is 14.0. The van der Waals surface area contributed by atoms with E-state index in [4.69, 9.17) is 9.47 Å². The van der Waals surface area contributed by atoms with E-state index >= 15 is 0 Å². The van der Waals surface area contributed by atoms with E-state index in [2.05, 4.69) is 10.1 Å². The van der Waals surface area contributed by atoms with Crippen LogP contribution in [0, 0.1) is 0 Å². The highest BCUT2D eigenvalue weighted by Gasteiger charge is 2.08. The van der Waals surface area contributed by atoms with E-state index in [1.54, 1.807) is 11.0 Å². The molecule has 0 amide bonds. The molecule has 20 heavy (non-hydrogen) atoms. The molecule has 1 aromatic carbocycles. The minimum atomic E-state index is -0.289. The first-order valence-electron chi connectivity index (χ1n) is 6.44. The molecule has 1 aromatic heterocycles. The summed E-state index contributed by atoms with van der Waals surface area (Å²) in [5, 5.41) is 4.17. The predicted octanol–water partition coefficient (Wildman–Crippen LogP) is 1.99. The Labute approximate surface area is 117 Å². The van der Waals surface area contributed by atoms with Crippen LogP contribution in [0.1, 0.15) is 20.3 Å². The van der Waals surface area contributed by atoms with Crippen LogP contribution in [0.4, 0.5) is 0 Å². The van der Waals surface area contributed by atoms with Gasteiger partial charge in [-0.25, -0.2) is 4.68 Å². The van der Waals surface area contributed by atoms with Gasteiger partial charge in [-0.3, -0.25) is 4.79 Å². The molecule has 0 spiro atoms. The number of nitrogens with zero attached hydrogens (tertiary/aromatic N) is 3. The van der Waals surface area contributed by atoms with E-state index in [0.29, 0.717) is 0 Å². The second kappa shape index (κ2) is 6.70. The highest BCUT2D eigenvalue weighted by molar-refractivity contribution is 5.69. The van der Waals surface area contributed by atoms with Crippen LogP contribution in [0.15, 0.2) is 36.7 Å². The zero-order valence-electron chi connectivity index (χ0n) is 11.5. The number of para-hydroxylation sites is 1. The molecule has 0 saturated heterocycles. The maximum Gasteiger partial charge on any atom is 0.335 e. The van der Waals surface area contributed by atoms with Gasteiger partial charge in [-0.15, -0.1) is 5.10 Å². The number of ether oxygens (including phenoxy) is 2. The molecule has 0 aliphatic carbocycles. The minimum Gasteiger partial charge on any atom is -0.463 e. The van der Waals surface area contributed by atoms with Crippen molar-refractivity contribution in [2.75, 3.05) is 6.61 Å². The smallest absolute Gasteiger partial charge is 0.335 e. The van der Waals surface area contributed by atoms with Crippen LogP contribution in [-0.4, -0.2) is 33.4 Å². The monoisotopic (exact) mass is 275 g/mol. The summed E-state index contributed by atoms with van der Waals surface area (Å²) >= 11 is 0. The van der Waals surface area contributed by atoms with E-state index in [1.165, 1.54) is 0 Å². The molecule has 6 nitrogen and oxygen atoms in total. The van der Waals surface area contributed by atoms with Gasteiger partial charge in [-0.1, -0.05) is 18.2 Å². The molecule has 106 valence electrons. The number of carbonyl (C=O) groups excluding carboxylic acids is 1. The molecule has 2 aromatic rings. The Kier molecular flexibility index (Phi) is 4.70. The molecule has 0 bridgehead atoms. The molecule has 0 unspecified atom stereocenters. The van der Waals surface area contributed by atoms with Crippen molar-refractivity contribution in [2.45, 2.75) is 26.4 Å². The maximum atomic E-state index is 11.3. The van der Waals surface area contributed by atoms with Crippen molar-refractivity contribution in [3.63, 3.8) is 0 Å². The van der Waals surface area contributed by atoms with E-state index in [-0.39, 0.29) is 31.1 Å². The molecule has 0 aliphatic rings. The fraction of sp³-hybridized carbons (Fsp3) is 0.357. The summed E-state index contributed by atoms with van der Waals surface area (Å²) in [6.45, 7) is 3.81. The molecule has 0 radical (unpaired) electrons. The van der Waals surface area contributed by atoms with Gasteiger partial charge in [-0.2, -0.15) is 4.98 Å². The van der Waals surface area contributed by atoms with Crippen molar-refractivity contribution in [2.24, 2.45) is 0 Å². The Bertz CT molecular complexity index is 552. The third-order valence-electron chi connectivity index (χ3n) is 2.40. The fourth-order valence-corrected chi connectivity index (χ4v) is 1.57. The molecular weight excluding hydrogens is 258 g/mol. The van der Waals surface area contributed by atoms with Crippen molar-refractivity contribution in [3.8, 4) is 11.7 Å². The number of aromatic nitrogens is 3. The topological polar surface area (TPSA) is 66.2 Å². The molecule has 0 fully saturated rings. The van der Waals surface area contributed by atoms with Crippen molar-refractivity contribution < 1.29 is 14.3 Å². The zero-order valence-corrected chi connectivity index (χ0v) is 11.5. The molecule has 0 atom stereocenters. The number of hydrogen-bond acceptors (Lipinski definition) is 5. The Morgan fingerprint density at radius 1 is 1.30 bits per heavy atom. The van der Waals surface area contributed by atoms with Crippen molar-refractivity contribution in [1.82, 2.24) is 14.8 Å². The second-order valence-electron chi connectivity index (χ2n) is 4.44. The predicted molar refractivity (Wildman–Crippen MR) is 72.7 cm³/mol. The quantitative estimate of drug-likeness (QED) is 0.754. The van der Waals surface area contributed by atoms with Gasteiger partial charge in [0, 0.05) is 0 Å². The van der Waals surface area contributed by atoms with Crippen molar-refractivity contribution >= 4 is 5.97 Å². The Morgan fingerprint density at radius 2 is 2.05 bits per heavy atom. The average molecular weight is 275 g/mol. The third kappa shape index (κ3) is 4.08. The summed E-state index contributed by atoms with van der Waals surface area (Å²) in [6, 6.07) is 9.83. The lowest BCUT2D eigenvalue weighted by molar-refractivity contribution is -0.147. The Morgan fingerprint density at radius 3 is 2.75 bits per heavy atom. The van der Waals surface area contributed by atoms with Gasteiger partial charge in [0.2, 0.25) is 0 Å². The van der Waals surface area contributed by atoms with Gasteiger partial charge in [-0.05, 0) is 26.0 Å². The van der Waals surface area contributed by atoms with Crippen LogP contribution >= 0.6 is 0 Å². The first-order chi connectivity index (χ1) is 9.65. The first-order valence-corrected chi connectivity index (χ1v) is 6.44. The van der Waals surface area contributed by atoms with Gasteiger partial charge in [0.15, 0.2) is 0 Å². The highest BCUT2D eigenvalue weighted by Crippen LogP contribution is 2.08. The van der Waals surface area contributed by atoms with Gasteiger partial charge < -0.3 is 9.47 Å². The van der Waals surface area contributed by atoms with Gasteiger partial charge in [0.25, 0.3) is 0 Å². The second-order valence-corrected chi connectivity index (χ2v) is 4.44. The largest absolute Gasteiger partial charge is 0.463 e. The normalized spacial score (nSPS) is 10.6.